The number of likely N-dealkylation sites (N-methyl/N-ethyl adjacent to an activating group) is 1. The zero-order valence-corrected chi connectivity index (χ0v) is 19.8. The molecule has 1 atom stereocenters. The Bertz CT molecular complexity index is 1440. The van der Waals surface area contributed by atoms with E-state index < -0.39 is 11.9 Å². The zero-order valence-electron chi connectivity index (χ0n) is 19.8. The SMILES string of the molecule is CCn1cnc2c(-c3ccc(F)c(-c4cc5c(cc4OC)N(C)C(=O)[C@@H](COC)O5)c3)cnnc21. The van der Waals surface area contributed by atoms with Gasteiger partial charge < -0.3 is 23.7 Å². The monoisotopic (exact) mass is 477 g/mol. The number of hydrogen-bond donors (Lipinski definition) is 0. The Labute approximate surface area is 201 Å². The van der Waals surface area contributed by atoms with Gasteiger partial charge in [-0.25, -0.2) is 9.37 Å². The van der Waals surface area contributed by atoms with Crippen LogP contribution < -0.4 is 14.4 Å². The van der Waals surface area contributed by atoms with E-state index in [1.165, 1.54) is 25.2 Å². The lowest BCUT2D eigenvalue weighted by molar-refractivity contribution is -0.128. The van der Waals surface area contributed by atoms with Crippen molar-refractivity contribution in [1.29, 1.82) is 0 Å². The normalized spacial score (nSPS) is 15.3. The van der Waals surface area contributed by atoms with Gasteiger partial charge in [0.25, 0.3) is 5.91 Å². The van der Waals surface area contributed by atoms with Crippen LogP contribution in [0, 0.1) is 5.82 Å². The molecule has 0 radical (unpaired) electrons. The molecule has 0 saturated carbocycles. The summed E-state index contributed by atoms with van der Waals surface area (Å²) in [7, 11) is 4.66. The predicted octanol–water partition coefficient (Wildman–Crippen LogP) is 3.70. The molecule has 0 aliphatic carbocycles. The smallest absolute Gasteiger partial charge is 0.270 e. The summed E-state index contributed by atoms with van der Waals surface area (Å²) in [5.41, 5.74) is 4.14. The summed E-state index contributed by atoms with van der Waals surface area (Å²) in [6.45, 7) is 2.80. The van der Waals surface area contributed by atoms with Crippen molar-refractivity contribution in [3.8, 4) is 33.8 Å². The maximum absolute atomic E-state index is 15.2. The fraction of sp³-hybridized carbons (Fsp3) is 0.280. The van der Waals surface area contributed by atoms with E-state index in [4.69, 9.17) is 14.2 Å². The van der Waals surface area contributed by atoms with Crippen LogP contribution in [0.3, 0.4) is 0 Å². The van der Waals surface area contributed by atoms with Crippen molar-refractivity contribution in [2.75, 3.05) is 32.8 Å². The second-order valence-corrected chi connectivity index (χ2v) is 8.13. The lowest BCUT2D eigenvalue weighted by Gasteiger charge is -2.32. The molecule has 1 amide bonds. The predicted molar refractivity (Wildman–Crippen MR) is 128 cm³/mol. The maximum atomic E-state index is 15.2. The molecule has 5 rings (SSSR count). The van der Waals surface area contributed by atoms with Gasteiger partial charge in [0.2, 0.25) is 6.10 Å². The molecule has 2 aromatic heterocycles. The van der Waals surface area contributed by atoms with Crippen LogP contribution in [0.2, 0.25) is 0 Å². The number of fused-ring (bicyclic) bond motifs is 2. The van der Waals surface area contributed by atoms with Crippen molar-refractivity contribution in [2.45, 2.75) is 19.6 Å². The number of carbonyl (C=O) groups excluding carboxylic acids is 1. The van der Waals surface area contributed by atoms with Crippen molar-refractivity contribution < 1.29 is 23.4 Å². The topological polar surface area (TPSA) is 91.6 Å². The molecule has 3 heterocycles. The number of imidazole rings is 1. The Morgan fingerprint density at radius 2 is 1.97 bits per heavy atom. The van der Waals surface area contributed by atoms with E-state index >= 15 is 4.39 Å². The molecule has 4 aromatic rings. The van der Waals surface area contributed by atoms with Crippen LogP contribution >= 0.6 is 0 Å². The number of aryl methyl sites for hydroxylation is 1. The molecular weight excluding hydrogens is 453 g/mol. The van der Waals surface area contributed by atoms with Crippen LogP contribution in [-0.4, -0.2) is 59.6 Å². The van der Waals surface area contributed by atoms with E-state index in [2.05, 4.69) is 15.2 Å². The molecule has 0 unspecified atom stereocenters. The molecule has 0 spiro atoms. The standard InChI is InChI=1S/C25H24FN5O4/c1-5-31-13-27-23-17(11-28-29-24(23)31)14-6-7-18(26)15(8-14)16-9-21-19(10-20(16)34-4)30(2)25(32)22(35-21)12-33-3/h6-11,13,22H,5,12H2,1-4H3/t22-/m1/s1. The number of methoxy groups -OCH3 is 2. The molecule has 0 N–H and O–H groups in total. The number of ether oxygens (including phenoxy) is 3. The lowest BCUT2D eigenvalue weighted by atomic mass is 9.97. The molecule has 1 aliphatic rings. The van der Waals surface area contributed by atoms with E-state index in [-0.39, 0.29) is 12.5 Å². The Morgan fingerprint density at radius 3 is 2.71 bits per heavy atom. The highest BCUT2D eigenvalue weighted by atomic mass is 19.1. The van der Waals surface area contributed by atoms with Crippen molar-refractivity contribution in [1.82, 2.24) is 19.7 Å². The zero-order chi connectivity index (χ0) is 24.7. The summed E-state index contributed by atoms with van der Waals surface area (Å²) in [4.78, 5) is 18.6. The van der Waals surface area contributed by atoms with E-state index in [1.807, 2.05) is 11.5 Å². The largest absolute Gasteiger partial charge is 0.496 e. The van der Waals surface area contributed by atoms with E-state index in [0.717, 1.165) is 11.1 Å². The summed E-state index contributed by atoms with van der Waals surface area (Å²) in [6.07, 6.45) is 2.54. The minimum atomic E-state index is -0.792. The number of benzene rings is 2. The third-order valence-corrected chi connectivity index (χ3v) is 6.15. The summed E-state index contributed by atoms with van der Waals surface area (Å²) >= 11 is 0. The third-order valence-electron chi connectivity index (χ3n) is 6.15. The molecular formula is C25H24FN5O4. The first-order valence-electron chi connectivity index (χ1n) is 11.1. The number of nitrogens with zero attached hydrogens (tertiary/aromatic N) is 5. The van der Waals surface area contributed by atoms with Crippen LogP contribution in [0.25, 0.3) is 33.4 Å². The summed E-state index contributed by atoms with van der Waals surface area (Å²) in [5.74, 6) is 0.173. The quantitative estimate of drug-likeness (QED) is 0.418. The number of hydrogen-bond acceptors (Lipinski definition) is 7. The first-order valence-corrected chi connectivity index (χ1v) is 11.1. The number of anilines is 1. The van der Waals surface area contributed by atoms with Gasteiger partial charge in [-0.3, -0.25) is 4.79 Å². The molecule has 180 valence electrons. The molecule has 35 heavy (non-hydrogen) atoms. The molecule has 2 aromatic carbocycles. The van der Waals surface area contributed by atoms with Gasteiger partial charge in [-0.05, 0) is 30.7 Å². The molecule has 0 saturated heterocycles. The minimum absolute atomic E-state index is 0.100. The number of rotatable bonds is 6. The first kappa shape index (κ1) is 22.7. The highest BCUT2D eigenvalue weighted by molar-refractivity contribution is 6.01. The van der Waals surface area contributed by atoms with Crippen LogP contribution in [0.1, 0.15) is 6.92 Å². The lowest BCUT2D eigenvalue weighted by Crippen LogP contribution is -2.46. The minimum Gasteiger partial charge on any atom is -0.496 e. The second kappa shape index (κ2) is 8.95. The first-order chi connectivity index (χ1) is 17.0. The number of aromatic nitrogens is 4. The van der Waals surface area contributed by atoms with Crippen molar-refractivity contribution in [2.24, 2.45) is 0 Å². The van der Waals surface area contributed by atoms with Crippen LogP contribution in [-0.2, 0) is 16.1 Å². The maximum Gasteiger partial charge on any atom is 0.270 e. The average molecular weight is 477 g/mol. The van der Waals surface area contributed by atoms with Crippen LogP contribution in [0.4, 0.5) is 10.1 Å². The molecule has 0 bridgehead atoms. The molecule has 9 nitrogen and oxygen atoms in total. The second-order valence-electron chi connectivity index (χ2n) is 8.13. The highest BCUT2D eigenvalue weighted by Gasteiger charge is 2.33. The van der Waals surface area contributed by atoms with E-state index in [1.54, 1.807) is 43.8 Å². The van der Waals surface area contributed by atoms with Gasteiger partial charge in [-0.2, -0.15) is 5.10 Å². The van der Waals surface area contributed by atoms with Crippen LogP contribution in [0.15, 0.2) is 42.9 Å². The van der Waals surface area contributed by atoms with Gasteiger partial charge in [-0.15, -0.1) is 5.10 Å². The Morgan fingerprint density at radius 1 is 1.14 bits per heavy atom. The van der Waals surface area contributed by atoms with Gasteiger partial charge >= 0.3 is 0 Å². The Balaban J connectivity index is 1.65. The number of halogens is 1. The molecule has 1 aliphatic heterocycles. The van der Waals surface area contributed by atoms with Crippen molar-refractivity contribution in [3.05, 3.63) is 48.7 Å². The highest BCUT2D eigenvalue weighted by Crippen LogP contribution is 2.44. The summed E-state index contributed by atoms with van der Waals surface area (Å²) in [5, 5.41) is 8.33. The van der Waals surface area contributed by atoms with Gasteiger partial charge in [0.1, 0.15) is 22.8 Å². The Hall–Kier alpha value is -4.05. The average Bonchev–Trinajstić information content (AvgIpc) is 3.30. The summed E-state index contributed by atoms with van der Waals surface area (Å²) in [6, 6.07) is 8.17. The van der Waals surface area contributed by atoms with Gasteiger partial charge in [0.15, 0.2) is 5.65 Å². The third kappa shape index (κ3) is 3.75. The number of amides is 1. The van der Waals surface area contributed by atoms with Gasteiger partial charge in [0, 0.05) is 43.5 Å². The van der Waals surface area contributed by atoms with E-state index in [0.29, 0.717) is 46.0 Å². The van der Waals surface area contributed by atoms with Crippen LogP contribution in [0.5, 0.6) is 11.5 Å². The van der Waals surface area contributed by atoms with E-state index in [9.17, 15) is 4.79 Å². The fourth-order valence-corrected chi connectivity index (χ4v) is 4.30. The summed E-state index contributed by atoms with van der Waals surface area (Å²) < 4.78 is 33.7. The fourth-order valence-electron chi connectivity index (χ4n) is 4.30. The Kier molecular flexibility index (Phi) is 5.81. The van der Waals surface area contributed by atoms with Crippen molar-refractivity contribution >= 4 is 22.8 Å². The van der Waals surface area contributed by atoms with Gasteiger partial charge in [-0.1, -0.05) is 6.07 Å². The van der Waals surface area contributed by atoms with Gasteiger partial charge in [0.05, 0.1) is 31.9 Å². The number of carbonyl (C=O) groups is 1. The van der Waals surface area contributed by atoms with Crippen molar-refractivity contribution in [3.63, 3.8) is 0 Å². The molecule has 0 fully saturated rings. The molecule has 10 heteroatoms.